The van der Waals surface area contributed by atoms with Crippen molar-refractivity contribution in [3.05, 3.63) is 49.9 Å². The zero-order valence-corrected chi connectivity index (χ0v) is 14.8. The Morgan fingerprint density at radius 1 is 1.57 bits per heavy atom. The summed E-state index contributed by atoms with van der Waals surface area (Å²) in [5.41, 5.74) is -0.0543. The van der Waals surface area contributed by atoms with Crippen LogP contribution in [0.15, 0.2) is 34.9 Å². The van der Waals surface area contributed by atoms with E-state index in [0.717, 1.165) is 8.79 Å². The summed E-state index contributed by atoms with van der Waals surface area (Å²) in [4.78, 5) is 22.1. The third kappa shape index (κ3) is 4.49. The third-order valence-electron chi connectivity index (χ3n) is 2.93. The second-order valence-corrected chi connectivity index (χ2v) is 6.83. The topological polar surface area (TPSA) is 81.4 Å². The van der Waals surface area contributed by atoms with Gasteiger partial charge in [-0.15, -0.1) is 11.3 Å². The number of thiazole rings is 1. The molecule has 0 bridgehead atoms. The number of halogens is 1. The van der Waals surface area contributed by atoms with E-state index in [4.69, 9.17) is 4.74 Å². The molecule has 0 saturated heterocycles. The molecule has 9 heteroatoms. The van der Waals surface area contributed by atoms with Crippen molar-refractivity contribution >= 4 is 38.8 Å². The molecule has 0 aliphatic carbocycles. The first-order valence-electron chi connectivity index (χ1n) is 6.79. The van der Waals surface area contributed by atoms with Gasteiger partial charge in [-0.25, -0.2) is 4.98 Å². The van der Waals surface area contributed by atoms with E-state index < -0.39 is 4.92 Å². The van der Waals surface area contributed by atoms with Gasteiger partial charge in [-0.2, -0.15) is 4.98 Å². The monoisotopic (exact) mass is 398 g/mol. The largest absolute Gasteiger partial charge is 0.473 e. The summed E-state index contributed by atoms with van der Waals surface area (Å²) in [6.45, 7) is 6.83. The van der Waals surface area contributed by atoms with Crippen LogP contribution in [-0.2, 0) is 6.54 Å². The Hall–Kier alpha value is -2.00. The first-order chi connectivity index (χ1) is 11.0. The van der Waals surface area contributed by atoms with Crippen LogP contribution in [0.2, 0.25) is 0 Å². The standard InChI is InChI=1S/C14H15BrN4O3S/c1-3-7-22-12-6-5-11(19(20)21)13(17-12)18(4-2)9-10-8-16-14(15)23-10/h3,5-6,8H,1,4,7,9H2,2H3. The number of anilines is 1. The number of nitrogens with zero attached hydrogens (tertiary/aromatic N) is 4. The van der Waals surface area contributed by atoms with E-state index >= 15 is 0 Å². The summed E-state index contributed by atoms with van der Waals surface area (Å²) in [6.07, 6.45) is 3.33. The molecule has 0 aliphatic heterocycles. The van der Waals surface area contributed by atoms with Crippen LogP contribution in [0.3, 0.4) is 0 Å². The molecule has 7 nitrogen and oxygen atoms in total. The average Bonchev–Trinajstić information content (AvgIpc) is 2.95. The maximum Gasteiger partial charge on any atom is 0.311 e. The van der Waals surface area contributed by atoms with Crippen LogP contribution in [0, 0.1) is 10.1 Å². The predicted molar refractivity (Wildman–Crippen MR) is 93.1 cm³/mol. The van der Waals surface area contributed by atoms with Gasteiger partial charge in [-0.1, -0.05) is 12.7 Å². The minimum absolute atomic E-state index is 0.0543. The molecule has 122 valence electrons. The molecule has 2 aromatic heterocycles. The minimum atomic E-state index is -0.440. The van der Waals surface area contributed by atoms with Gasteiger partial charge in [0.2, 0.25) is 11.7 Å². The molecular formula is C14H15BrN4O3S. The highest BCUT2D eigenvalue weighted by Gasteiger charge is 2.22. The molecule has 0 fully saturated rings. The van der Waals surface area contributed by atoms with Crippen molar-refractivity contribution in [3.8, 4) is 5.88 Å². The molecule has 0 aromatic carbocycles. The zero-order chi connectivity index (χ0) is 16.8. The summed E-state index contributed by atoms with van der Waals surface area (Å²) in [7, 11) is 0. The van der Waals surface area contributed by atoms with E-state index in [2.05, 4.69) is 32.5 Å². The number of rotatable bonds is 8. The highest BCUT2D eigenvalue weighted by molar-refractivity contribution is 9.11. The summed E-state index contributed by atoms with van der Waals surface area (Å²) in [6, 6.07) is 2.90. The lowest BCUT2D eigenvalue weighted by Crippen LogP contribution is -2.23. The van der Waals surface area contributed by atoms with Gasteiger partial charge >= 0.3 is 5.69 Å². The predicted octanol–water partition coefficient (Wildman–Crippen LogP) is 3.80. The molecule has 0 saturated carbocycles. The SMILES string of the molecule is C=CCOc1ccc([N+](=O)[O-])c(N(CC)Cc2cnc(Br)s2)n1. The van der Waals surface area contributed by atoms with Gasteiger partial charge in [-0.05, 0) is 22.9 Å². The number of hydrogen-bond acceptors (Lipinski definition) is 7. The molecule has 2 aromatic rings. The summed E-state index contributed by atoms with van der Waals surface area (Å²) >= 11 is 4.79. The van der Waals surface area contributed by atoms with Gasteiger partial charge in [0.25, 0.3) is 0 Å². The van der Waals surface area contributed by atoms with E-state index in [0.29, 0.717) is 19.0 Å². The van der Waals surface area contributed by atoms with Gasteiger partial charge < -0.3 is 9.64 Å². The molecular weight excluding hydrogens is 384 g/mol. The van der Waals surface area contributed by atoms with Crippen LogP contribution in [0.5, 0.6) is 5.88 Å². The van der Waals surface area contributed by atoms with Crippen molar-refractivity contribution in [2.75, 3.05) is 18.1 Å². The molecule has 2 rings (SSSR count). The Balaban J connectivity index is 2.34. The lowest BCUT2D eigenvalue weighted by atomic mass is 10.3. The Morgan fingerprint density at radius 2 is 2.35 bits per heavy atom. The minimum Gasteiger partial charge on any atom is -0.473 e. The molecule has 0 radical (unpaired) electrons. The van der Waals surface area contributed by atoms with Crippen molar-refractivity contribution in [2.24, 2.45) is 0 Å². The molecule has 0 aliphatic rings. The van der Waals surface area contributed by atoms with E-state index in [1.54, 1.807) is 12.3 Å². The Kier molecular flexibility index (Phi) is 6.05. The van der Waals surface area contributed by atoms with Crippen LogP contribution >= 0.6 is 27.3 Å². The number of aromatic nitrogens is 2. The van der Waals surface area contributed by atoms with Crippen molar-refractivity contribution in [1.82, 2.24) is 9.97 Å². The summed E-state index contributed by atoms with van der Waals surface area (Å²) in [5, 5.41) is 11.3. The number of hydrogen-bond donors (Lipinski definition) is 0. The Morgan fingerprint density at radius 3 is 2.91 bits per heavy atom. The third-order valence-corrected chi connectivity index (χ3v) is 4.39. The highest BCUT2D eigenvalue weighted by Crippen LogP contribution is 2.30. The normalized spacial score (nSPS) is 10.3. The molecule has 0 spiro atoms. The van der Waals surface area contributed by atoms with Crippen LogP contribution in [0.1, 0.15) is 11.8 Å². The van der Waals surface area contributed by atoms with Crippen molar-refractivity contribution in [3.63, 3.8) is 0 Å². The molecule has 2 heterocycles. The van der Waals surface area contributed by atoms with Crippen LogP contribution in [0.25, 0.3) is 0 Å². The first-order valence-corrected chi connectivity index (χ1v) is 8.40. The smallest absolute Gasteiger partial charge is 0.311 e. The summed E-state index contributed by atoms with van der Waals surface area (Å²) < 4.78 is 6.16. The van der Waals surface area contributed by atoms with Crippen molar-refractivity contribution in [1.29, 1.82) is 0 Å². The molecule has 0 atom stereocenters. The molecule has 23 heavy (non-hydrogen) atoms. The van der Waals surface area contributed by atoms with E-state index in [-0.39, 0.29) is 18.1 Å². The number of ether oxygens (including phenoxy) is 1. The maximum atomic E-state index is 11.3. The van der Waals surface area contributed by atoms with Crippen molar-refractivity contribution < 1.29 is 9.66 Å². The van der Waals surface area contributed by atoms with Crippen LogP contribution in [-0.4, -0.2) is 28.0 Å². The van der Waals surface area contributed by atoms with E-state index in [1.807, 2.05) is 11.8 Å². The van der Waals surface area contributed by atoms with Crippen molar-refractivity contribution in [2.45, 2.75) is 13.5 Å². The molecule has 0 amide bonds. The molecule has 0 unspecified atom stereocenters. The fourth-order valence-corrected chi connectivity index (χ4v) is 3.28. The lowest BCUT2D eigenvalue weighted by Gasteiger charge is -2.21. The fourth-order valence-electron chi connectivity index (χ4n) is 1.90. The van der Waals surface area contributed by atoms with Gasteiger partial charge in [0.05, 0.1) is 11.5 Å². The fraction of sp³-hybridized carbons (Fsp3) is 0.286. The number of pyridine rings is 1. The number of nitro groups is 1. The van der Waals surface area contributed by atoms with Gasteiger partial charge in [0.15, 0.2) is 3.92 Å². The second kappa shape index (κ2) is 8.02. The summed E-state index contributed by atoms with van der Waals surface area (Å²) in [5.74, 6) is 0.609. The first kappa shape index (κ1) is 17.4. The quantitative estimate of drug-likeness (QED) is 0.382. The van der Waals surface area contributed by atoms with Gasteiger partial charge in [0.1, 0.15) is 6.61 Å². The second-order valence-electron chi connectivity index (χ2n) is 4.44. The lowest BCUT2D eigenvalue weighted by molar-refractivity contribution is -0.384. The van der Waals surface area contributed by atoms with Crippen LogP contribution in [0.4, 0.5) is 11.5 Å². The van der Waals surface area contributed by atoms with Gasteiger partial charge in [-0.3, -0.25) is 10.1 Å². The molecule has 0 N–H and O–H groups in total. The van der Waals surface area contributed by atoms with E-state index in [9.17, 15) is 10.1 Å². The van der Waals surface area contributed by atoms with E-state index in [1.165, 1.54) is 23.5 Å². The zero-order valence-electron chi connectivity index (χ0n) is 12.4. The van der Waals surface area contributed by atoms with Crippen LogP contribution < -0.4 is 9.64 Å². The van der Waals surface area contributed by atoms with Gasteiger partial charge in [0, 0.05) is 29.8 Å². The Labute approximate surface area is 145 Å². The highest BCUT2D eigenvalue weighted by atomic mass is 79.9. The maximum absolute atomic E-state index is 11.3. The Bertz CT molecular complexity index is 707. The average molecular weight is 399 g/mol.